The van der Waals surface area contributed by atoms with Crippen LogP contribution in [-0.4, -0.2) is 6.54 Å². The number of nitrogens with one attached hydrogen (secondary N) is 1. The van der Waals surface area contributed by atoms with Crippen LogP contribution in [0.3, 0.4) is 0 Å². The smallest absolute Gasteiger partial charge is 0.124 e. The lowest BCUT2D eigenvalue weighted by atomic mass is 9.97. The van der Waals surface area contributed by atoms with Crippen LogP contribution in [0.25, 0.3) is 10.8 Å². The Kier molecular flexibility index (Phi) is 8.30. The molecule has 158 valence electrons. The first-order chi connectivity index (χ1) is 14.3. The van der Waals surface area contributed by atoms with Gasteiger partial charge in [0.2, 0.25) is 0 Å². The largest absolute Gasteiger partial charge is 0.489 e. The summed E-state index contributed by atoms with van der Waals surface area (Å²) in [5.41, 5.74) is 3.74. The summed E-state index contributed by atoms with van der Waals surface area (Å²) in [7, 11) is 0. The van der Waals surface area contributed by atoms with Crippen LogP contribution in [0.5, 0.6) is 5.75 Å². The van der Waals surface area contributed by atoms with Gasteiger partial charge in [0.25, 0.3) is 0 Å². The zero-order valence-electron chi connectivity index (χ0n) is 17.2. The second kappa shape index (κ2) is 11.1. The standard InChI is InChI=1S/C26H28FNO.ClH/c27-23-13-10-21(11-14-23)19-29-26-15-12-22-8-4-5-9-24(22)25(26)18-28-17-16-20-6-2-1-3-7-20;/h4-6,8-15,28H,1-3,7,16-19H2;1H. The summed E-state index contributed by atoms with van der Waals surface area (Å²) < 4.78 is 19.3. The number of hydrogen-bond acceptors (Lipinski definition) is 2. The molecule has 0 heterocycles. The number of halogens is 2. The summed E-state index contributed by atoms with van der Waals surface area (Å²) in [6.45, 7) is 2.18. The molecule has 2 nitrogen and oxygen atoms in total. The Bertz CT molecular complexity index is 984. The number of allylic oxidation sites excluding steroid dienone is 1. The van der Waals surface area contributed by atoms with E-state index in [0.717, 1.165) is 30.8 Å². The molecular formula is C26H29ClFNO. The number of hydrogen-bond donors (Lipinski definition) is 1. The molecule has 4 rings (SSSR count). The van der Waals surface area contributed by atoms with Gasteiger partial charge in [0, 0.05) is 12.1 Å². The normalized spacial score (nSPS) is 13.6. The van der Waals surface area contributed by atoms with Gasteiger partial charge in [0.1, 0.15) is 18.2 Å². The van der Waals surface area contributed by atoms with Crippen molar-refractivity contribution in [1.29, 1.82) is 0 Å². The molecule has 0 amide bonds. The van der Waals surface area contributed by atoms with Gasteiger partial charge in [-0.1, -0.05) is 54.1 Å². The van der Waals surface area contributed by atoms with E-state index in [2.05, 4.69) is 41.7 Å². The molecular weight excluding hydrogens is 397 g/mol. The molecule has 3 aromatic carbocycles. The highest BCUT2D eigenvalue weighted by atomic mass is 35.5. The van der Waals surface area contributed by atoms with Crippen molar-refractivity contribution in [3.05, 3.63) is 89.3 Å². The molecule has 0 radical (unpaired) electrons. The van der Waals surface area contributed by atoms with Gasteiger partial charge < -0.3 is 10.1 Å². The summed E-state index contributed by atoms with van der Waals surface area (Å²) in [6, 6.07) is 19.1. The fraction of sp³-hybridized carbons (Fsp3) is 0.308. The molecule has 1 N–H and O–H groups in total. The molecule has 0 spiro atoms. The lowest BCUT2D eigenvalue weighted by molar-refractivity contribution is 0.302. The van der Waals surface area contributed by atoms with Gasteiger partial charge in [-0.3, -0.25) is 0 Å². The van der Waals surface area contributed by atoms with E-state index in [0.29, 0.717) is 6.61 Å². The molecule has 0 unspecified atom stereocenters. The number of ether oxygens (including phenoxy) is 1. The van der Waals surface area contributed by atoms with Crippen LogP contribution in [0.2, 0.25) is 0 Å². The van der Waals surface area contributed by atoms with Crippen molar-refractivity contribution < 1.29 is 9.13 Å². The third-order valence-electron chi connectivity index (χ3n) is 5.61. The van der Waals surface area contributed by atoms with Crippen LogP contribution < -0.4 is 10.1 Å². The van der Waals surface area contributed by atoms with Crippen LogP contribution >= 0.6 is 12.4 Å². The van der Waals surface area contributed by atoms with Gasteiger partial charge in [0.05, 0.1) is 0 Å². The maximum absolute atomic E-state index is 13.1. The van der Waals surface area contributed by atoms with Gasteiger partial charge in [-0.25, -0.2) is 4.39 Å². The maximum atomic E-state index is 13.1. The van der Waals surface area contributed by atoms with Gasteiger partial charge >= 0.3 is 0 Å². The highest BCUT2D eigenvalue weighted by Crippen LogP contribution is 2.29. The van der Waals surface area contributed by atoms with Crippen LogP contribution in [0.15, 0.2) is 72.3 Å². The summed E-state index contributed by atoms with van der Waals surface area (Å²) in [6.07, 6.45) is 8.69. The molecule has 0 aromatic heterocycles. The minimum atomic E-state index is -0.225. The SMILES string of the molecule is Cl.Fc1ccc(COc2ccc3ccccc3c2CNCCC2=CCCCC2)cc1. The van der Waals surface area contributed by atoms with E-state index < -0.39 is 0 Å². The molecule has 0 fully saturated rings. The number of benzene rings is 3. The van der Waals surface area contributed by atoms with Crippen molar-refractivity contribution >= 4 is 23.2 Å². The van der Waals surface area contributed by atoms with Crippen molar-refractivity contribution in [2.45, 2.75) is 45.3 Å². The Morgan fingerprint density at radius 1 is 0.933 bits per heavy atom. The van der Waals surface area contributed by atoms with E-state index >= 15 is 0 Å². The minimum Gasteiger partial charge on any atom is -0.489 e. The number of rotatable bonds is 8. The molecule has 1 aliphatic rings. The van der Waals surface area contributed by atoms with E-state index in [-0.39, 0.29) is 18.2 Å². The second-order valence-corrected chi connectivity index (χ2v) is 7.71. The zero-order valence-corrected chi connectivity index (χ0v) is 18.0. The summed E-state index contributed by atoms with van der Waals surface area (Å²) in [5, 5.41) is 6.05. The third kappa shape index (κ3) is 5.84. The first-order valence-electron chi connectivity index (χ1n) is 10.6. The Balaban J connectivity index is 0.00000256. The lowest BCUT2D eigenvalue weighted by Crippen LogP contribution is -2.16. The van der Waals surface area contributed by atoms with Crippen molar-refractivity contribution in [2.75, 3.05) is 6.54 Å². The van der Waals surface area contributed by atoms with Crippen LogP contribution in [0.4, 0.5) is 4.39 Å². The predicted octanol–water partition coefficient (Wildman–Crippen LogP) is 6.96. The Morgan fingerprint density at radius 2 is 1.77 bits per heavy atom. The topological polar surface area (TPSA) is 21.3 Å². The Labute approximate surface area is 184 Å². The molecule has 3 aromatic rings. The van der Waals surface area contributed by atoms with E-state index in [1.807, 2.05) is 6.07 Å². The Morgan fingerprint density at radius 3 is 2.57 bits per heavy atom. The van der Waals surface area contributed by atoms with Crippen molar-refractivity contribution in [3.63, 3.8) is 0 Å². The van der Waals surface area contributed by atoms with Gasteiger partial charge in [0.15, 0.2) is 0 Å². The van der Waals surface area contributed by atoms with Crippen molar-refractivity contribution in [2.24, 2.45) is 0 Å². The second-order valence-electron chi connectivity index (χ2n) is 7.71. The highest BCUT2D eigenvalue weighted by molar-refractivity contribution is 5.87. The van der Waals surface area contributed by atoms with Crippen LogP contribution in [0, 0.1) is 5.82 Å². The van der Waals surface area contributed by atoms with Crippen molar-refractivity contribution in [3.8, 4) is 5.75 Å². The number of fused-ring (bicyclic) bond motifs is 1. The average Bonchev–Trinajstić information content (AvgIpc) is 2.77. The fourth-order valence-corrected chi connectivity index (χ4v) is 3.97. The molecule has 4 heteroatoms. The molecule has 30 heavy (non-hydrogen) atoms. The van der Waals surface area contributed by atoms with E-state index in [1.54, 1.807) is 17.7 Å². The molecule has 0 saturated carbocycles. The molecule has 0 atom stereocenters. The maximum Gasteiger partial charge on any atom is 0.124 e. The fourth-order valence-electron chi connectivity index (χ4n) is 3.97. The summed E-state index contributed by atoms with van der Waals surface area (Å²) >= 11 is 0. The lowest BCUT2D eigenvalue weighted by Gasteiger charge is -2.16. The summed E-state index contributed by atoms with van der Waals surface area (Å²) in [4.78, 5) is 0. The van der Waals surface area contributed by atoms with Crippen LogP contribution in [-0.2, 0) is 13.2 Å². The zero-order chi connectivity index (χ0) is 19.9. The minimum absolute atomic E-state index is 0. The molecule has 1 aliphatic carbocycles. The third-order valence-corrected chi connectivity index (χ3v) is 5.61. The first kappa shape index (κ1) is 22.3. The average molecular weight is 426 g/mol. The summed E-state index contributed by atoms with van der Waals surface area (Å²) in [5.74, 6) is 0.662. The van der Waals surface area contributed by atoms with Gasteiger partial charge in [-0.05, 0) is 73.2 Å². The van der Waals surface area contributed by atoms with Gasteiger partial charge in [-0.2, -0.15) is 0 Å². The van der Waals surface area contributed by atoms with Crippen LogP contribution in [0.1, 0.15) is 43.2 Å². The molecule has 0 bridgehead atoms. The molecule has 0 aliphatic heterocycles. The monoisotopic (exact) mass is 425 g/mol. The van der Waals surface area contributed by atoms with Crippen molar-refractivity contribution in [1.82, 2.24) is 5.32 Å². The van der Waals surface area contributed by atoms with E-state index in [1.165, 1.54) is 54.2 Å². The van der Waals surface area contributed by atoms with E-state index in [9.17, 15) is 4.39 Å². The Hall–Kier alpha value is -2.36. The quantitative estimate of drug-likeness (QED) is 0.311. The molecule has 0 saturated heterocycles. The highest BCUT2D eigenvalue weighted by Gasteiger charge is 2.10. The van der Waals surface area contributed by atoms with E-state index in [4.69, 9.17) is 4.74 Å². The predicted molar refractivity (Wildman–Crippen MR) is 125 cm³/mol. The van der Waals surface area contributed by atoms with Gasteiger partial charge in [-0.15, -0.1) is 12.4 Å². The first-order valence-corrected chi connectivity index (χ1v) is 10.6.